The molecule has 0 saturated carbocycles. The number of halogens is 2. The van der Waals surface area contributed by atoms with E-state index in [9.17, 15) is 14.4 Å². The van der Waals surface area contributed by atoms with Crippen LogP contribution < -0.4 is 5.32 Å². The molecule has 1 aromatic heterocycles. The van der Waals surface area contributed by atoms with Crippen molar-refractivity contribution < 1.29 is 9.18 Å². The van der Waals surface area contributed by atoms with Gasteiger partial charge in [-0.05, 0) is 60.6 Å². The lowest BCUT2D eigenvalue weighted by atomic mass is 9.82. The number of amides is 1. The van der Waals surface area contributed by atoms with Crippen LogP contribution in [0.15, 0.2) is 59.6 Å². The summed E-state index contributed by atoms with van der Waals surface area (Å²) in [4.78, 5) is 17.0. The molecule has 1 aliphatic carbocycles. The van der Waals surface area contributed by atoms with E-state index in [2.05, 4.69) is 35.7 Å². The van der Waals surface area contributed by atoms with Crippen LogP contribution in [0.4, 0.5) is 10.1 Å². The number of anilines is 1. The van der Waals surface area contributed by atoms with Gasteiger partial charge in [-0.15, -0.1) is 11.8 Å². The van der Waals surface area contributed by atoms with Gasteiger partial charge in [-0.25, -0.2) is 9.37 Å². The number of nitriles is 1. The Bertz CT molecular complexity index is 1180. The summed E-state index contributed by atoms with van der Waals surface area (Å²) in [5, 5.41) is 13.0. The Labute approximate surface area is 195 Å². The molecule has 32 heavy (non-hydrogen) atoms. The lowest BCUT2D eigenvalue weighted by Crippen LogP contribution is -2.15. The molecule has 162 valence electrons. The highest BCUT2D eigenvalue weighted by Crippen LogP contribution is 2.34. The van der Waals surface area contributed by atoms with Gasteiger partial charge in [-0.1, -0.05) is 41.9 Å². The first-order chi connectivity index (χ1) is 15.5. The first kappa shape index (κ1) is 22.3. The Hall–Kier alpha value is -2.88. The van der Waals surface area contributed by atoms with E-state index in [1.165, 1.54) is 35.5 Å². The van der Waals surface area contributed by atoms with Crippen molar-refractivity contribution in [2.45, 2.75) is 36.6 Å². The van der Waals surface area contributed by atoms with Crippen molar-refractivity contribution in [1.29, 1.82) is 5.26 Å². The molecule has 2 aromatic carbocycles. The van der Waals surface area contributed by atoms with Crippen LogP contribution in [-0.4, -0.2) is 16.6 Å². The number of carbonyl (C=O) groups is 1. The van der Waals surface area contributed by atoms with Crippen LogP contribution >= 0.6 is 23.4 Å². The number of nitrogens with one attached hydrogen (secondary N) is 1. The fourth-order valence-electron chi connectivity index (χ4n) is 3.88. The average Bonchev–Trinajstić information content (AvgIpc) is 2.81. The predicted octanol–water partition coefficient (Wildman–Crippen LogP) is 6.14. The molecule has 1 aliphatic rings. The van der Waals surface area contributed by atoms with E-state index in [4.69, 9.17) is 16.6 Å². The van der Waals surface area contributed by atoms with E-state index in [-0.39, 0.29) is 17.4 Å². The van der Waals surface area contributed by atoms with E-state index in [1.807, 2.05) is 12.1 Å². The Balaban J connectivity index is 1.38. The Kier molecular flexibility index (Phi) is 7.09. The second-order valence-corrected chi connectivity index (χ2v) is 9.18. The number of nitrogens with zero attached hydrogens (tertiary/aromatic N) is 2. The number of hydrogen-bond acceptors (Lipinski definition) is 4. The third-order valence-electron chi connectivity index (χ3n) is 5.51. The van der Waals surface area contributed by atoms with Gasteiger partial charge >= 0.3 is 0 Å². The number of hydrogen-bond donors (Lipinski definition) is 1. The standard InChI is InChI=1S/C25H21ClFN3OS/c26-21-14-20(7-8-22(21)27)29-24(31)10-11-32-25-19(15-28)13-18-12-17(6-9-23(18)30-25)16-4-2-1-3-5-16/h1-5,7-8,13-14,17H,6,9-12H2,(H,29,31). The molecule has 3 aromatic rings. The Morgan fingerprint density at radius 1 is 1.25 bits per heavy atom. The summed E-state index contributed by atoms with van der Waals surface area (Å²) in [6.07, 6.45) is 3.02. The summed E-state index contributed by atoms with van der Waals surface area (Å²) in [5.41, 5.74) is 4.50. The highest BCUT2D eigenvalue weighted by molar-refractivity contribution is 7.99. The molecule has 1 unspecified atom stereocenters. The molecule has 0 saturated heterocycles. The van der Waals surface area contributed by atoms with E-state index >= 15 is 0 Å². The van der Waals surface area contributed by atoms with Crippen LogP contribution in [0.5, 0.6) is 0 Å². The SMILES string of the molecule is N#Cc1cc2c(nc1SCCC(=O)Nc1ccc(F)c(Cl)c1)CCC(c1ccccc1)C2. The highest BCUT2D eigenvalue weighted by atomic mass is 35.5. The topological polar surface area (TPSA) is 65.8 Å². The number of benzene rings is 2. The van der Waals surface area contributed by atoms with Gasteiger partial charge in [0.15, 0.2) is 0 Å². The molecule has 0 aliphatic heterocycles. The van der Waals surface area contributed by atoms with E-state index < -0.39 is 5.82 Å². The minimum atomic E-state index is -0.530. The largest absolute Gasteiger partial charge is 0.326 e. The summed E-state index contributed by atoms with van der Waals surface area (Å²) in [6, 6.07) is 18.7. The normalized spacial score (nSPS) is 15.0. The minimum absolute atomic E-state index is 0.0383. The van der Waals surface area contributed by atoms with Crippen molar-refractivity contribution in [3.63, 3.8) is 0 Å². The van der Waals surface area contributed by atoms with Gasteiger partial charge in [0.25, 0.3) is 0 Å². The molecule has 0 spiro atoms. The summed E-state index contributed by atoms with van der Waals surface area (Å²) in [7, 11) is 0. The molecule has 0 fully saturated rings. The predicted molar refractivity (Wildman–Crippen MR) is 126 cm³/mol. The zero-order valence-electron chi connectivity index (χ0n) is 17.3. The number of thioether (sulfide) groups is 1. The van der Waals surface area contributed by atoms with Gasteiger partial charge in [-0.2, -0.15) is 5.26 Å². The maximum Gasteiger partial charge on any atom is 0.225 e. The zero-order chi connectivity index (χ0) is 22.5. The molecule has 7 heteroatoms. The van der Waals surface area contributed by atoms with Gasteiger partial charge in [0.1, 0.15) is 16.9 Å². The van der Waals surface area contributed by atoms with Crippen molar-refractivity contribution in [1.82, 2.24) is 4.98 Å². The quantitative estimate of drug-likeness (QED) is 0.444. The minimum Gasteiger partial charge on any atom is -0.326 e. The molecule has 1 atom stereocenters. The van der Waals surface area contributed by atoms with Crippen LogP contribution in [0.2, 0.25) is 5.02 Å². The highest BCUT2D eigenvalue weighted by Gasteiger charge is 2.23. The molecule has 1 amide bonds. The van der Waals surface area contributed by atoms with E-state index in [0.717, 1.165) is 30.5 Å². The van der Waals surface area contributed by atoms with Crippen LogP contribution in [-0.2, 0) is 17.6 Å². The van der Waals surface area contributed by atoms with Gasteiger partial charge in [0.2, 0.25) is 5.91 Å². The van der Waals surface area contributed by atoms with Crippen molar-refractivity contribution in [2.24, 2.45) is 0 Å². The summed E-state index contributed by atoms with van der Waals surface area (Å²) in [6.45, 7) is 0. The lowest BCUT2D eigenvalue weighted by molar-refractivity contribution is -0.115. The average molecular weight is 466 g/mol. The van der Waals surface area contributed by atoms with Gasteiger partial charge in [0, 0.05) is 23.6 Å². The number of fused-ring (bicyclic) bond motifs is 1. The molecule has 0 bridgehead atoms. The van der Waals surface area contributed by atoms with Crippen molar-refractivity contribution in [3.05, 3.63) is 87.8 Å². The summed E-state index contributed by atoms with van der Waals surface area (Å²) in [5.74, 6) is 0.188. The summed E-state index contributed by atoms with van der Waals surface area (Å²) < 4.78 is 13.2. The fraction of sp³-hybridized carbons (Fsp3) is 0.240. The molecular weight excluding hydrogens is 445 g/mol. The van der Waals surface area contributed by atoms with Crippen LogP contribution in [0.3, 0.4) is 0 Å². The van der Waals surface area contributed by atoms with Crippen LogP contribution in [0, 0.1) is 17.1 Å². The maximum absolute atomic E-state index is 13.2. The van der Waals surface area contributed by atoms with Gasteiger partial charge < -0.3 is 5.32 Å². The van der Waals surface area contributed by atoms with Gasteiger partial charge in [-0.3, -0.25) is 4.79 Å². The molecule has 4 rings (SSSR count). The smallest absolute Gasteiger partial charge is 0.225 e. The van der Waals surface area contributed by atoms with Gasteiger partial charge in [0.05, 0.1) is 10.6 Å². The summed E-state index contributed by atoms with van der Waals surface area (Å²) >= 11 is 7.15. The molecule has 4 nitrogen and oxygen atoms in total. The lowest BCUT2D eigenvalue weighted by Gasteiger charge is -2.25. The third kappa shape index (κ3) is 5.29. The molecular formula is C25H21ClFN3OS. The molecule has 0 radical (unpaired) electrons. The monoisotopic (exact) mass is 465 g/mol. The van der Waals surface area contributed by atoms with E-state index in [1.54, 1.807) is 0 Å². The number of rotatable bonds is 6. The first-order valence-electron chi connectivity index (χ1n) is 10.4. The second kappa shape index (κ2) is 10.2. The second-order valence-electron chi connectivity index (χ2n) is 7.68. The van der Waals surface area contributed by atoms with Crippen molar-refractivity contribution >= 4 is 35.0 Å². The third-order valence-corrected chi connectivity index (χ3v) is 6.80. The Morgan fingerprint density at radius 3 is 2.81 bits per heavy atom. The molecule has 1 heterocycles. The number of pyridine rings is 1. The first-order valence-corrected chi connectivity index (χ1v) is 11.8. The van der Waals surface area contributed by atoms with Crippen molar-refractivity contribution in [2.75, 3.05) is 11.1 Å². The number of carbonyl (C=O) groups excluding carboxylic acids is 1. The Morgan fingerprint density at radius 2 is 2.06 bits per heavy atom. The van der Waals surface area contributed by atoms with Crippen LogP contribution in [0.25, 0.3) is 0 Å². The van der Waals surface area contributed by atoms with Crippen molar-refractivity contribution in [3.8, 4) is 6.07 Å². The maximum atomic E-state index is 13.2. The number of aromatic nitrogens is 1. The van der Waals surface area contributed by atoms with E-state index in [0.29, 0.717) is 27.9 Å². The zero-order valence-corrected chi connectivity index (χ0v) is 18.8. The van der Waals surface area contributed by atoms with Crippen LogP contribution in [0.1, 0.15) is 41.1 Å². The fourth-order valence-corrected chi connectivity index (χ4v) is 4.98. The molecule has 1 N–H and O–H groups in total. The number of aryl methyl sites for hydroxylation is 1.